The van der Waals surface area contributed by atoms with Crippen LogP contribution in [-0.2, 0) is 0 Å². The summed E-state index contributed by atoms with van der Waals surface area (Å²) in [6.07, 6.45) is 8.87. The Balaban J connectivity index is 1.90. The minimum atomic E-state index is 0.394. The first-order chi connectivity index (χ1) is 11.2. The molecule has 2 aliphatic rings. The number of halogens is 1. The van der Waals surface area contributed by atoms with Gasteiger partial charge in [0.15, 0.2) is 0 Å². The van der Waals surface area contributed by atoms with E-state index >= 15 is 0 Å². The number of benzene rings is 1. The summed E-state index contributed by atoms with van der Waals surface area (Å²) in [6, 6.07) is 9.07. The zero-order valence-corrected chi connectivity index (χ0v) is 14.9. The summed E-state index contributed by atoms with van der Waals surface area (Å²) < 4.78 is 1.05. The maximum atomic E-state index is 4.84. The first-order valence-electron chi connectivity index (χ1n) is 8.37. The molecule has 2 nitrogen and oxygen atoms in total. The van der Waals surface area contributed by atoms with Gasteiger partial charge in [-0.1, -0.05) is 35.9 Å². The van der Waals surface area contributed by atoms with Gasteiger partial charge in [-0.25, -0.2) is 0 Å². The summed E-state index contributed by atoms with van der Waals surface area (Å²) in [5, 5.41) is 3.49. The molecule has 1 fully saturated rings. The standard InChI is InChI=1S/C20H21BrN2/c1-13-2-5-18-15(10-13)3-4-16-11-17(21)12-23-20(16)19(18)14-6-8-22-9-7-14/h2-5,10-12,14,19,22H,6-9H2,1H3. The second-order valence-electron chi connectivity index (χ2n) is 6.66. The van der Waals surface area contributed by atoms with E-state index in [0.717, 1.165) is 17.6 Å². The zero-order valence-electron chi connectivity index (χ0n) is 13.3. The molecule has 23 heavy (non-hydrogen) atoms. The van der Waals surface area contributed by atoms with Crippen molar-refractivity contribution >= 4 is 28.1 Å². The molecule has 1 unspecified atom stereocenters. The minimum absolute atomic E-state index is 0.394. The van der Waals surface area contributed by atoms with Crippen molar-refractivity contribution in [3.63, 3.8) is 0 Å². The Morgan fingerprint density at radius 3 is 2.70 bits per heavy atom. The molecule has 1 saturated heterocycles. The van der Waals surface area contributed by atoms with Crippen molar-refractivity contribution in [2.45, 2.75) is 25.7 Å². The Morgan fingerprint density at radius 2 is 1.87 bits per heavy atom. The molecular formula is C20H21BrN2. The number of hydrogen-bond acceptors (Lipinski definition) is 2. The third-order valence-electron chi connectivity index (χ3n) is 5.09. The average molecular weight is 369 g/mol. The highest BCUT2D eigenvalue weighted by Crippen LogP contribution is 2.42. The van der Waals surface area contributed by atoms with E-state index in [1.165, 1.54) is 40.8 Å². The monoisotopic (exact) mass is 368 g/mol. The zero-order chi connectivity index (χ0) is 15.8. The molecule has 1 aromatic carbocycles. The van der Waals surface area contributed by atoms with Gasteiger partial charge in [0.2, 0.25) is 0 Å². The maximum absolute atomic E-state index is 4.84. The van der Waals surface area contributed by atoms with Gasteiger partial charge < -0.3 is 5.32 Å². The number of nitrogens with one attached hydrogen (secondary N) is 1. The van der Waals surface area contributed by atoms with Gasteiger partial charge in [-0.05, 0) is 77.5 Å². The molecule has 0 amide bonds. The van der Waals surface area contributed by atoms with Crippen LogP contribution >= 0.6 is 15.9 Å². The van der Waals surface area contributed by atoms with Crippen molar-refractivity contribution in [1.82, 2.24) is 10.3 Å². The SMILES string of the molecule is Cc1ccc2c(c1)C=Cc1cc(Br)cnc1C2C1CCNCC1. The first kappa shape index (κ1) is 15.1. The lowest BCUT2D eigenvalue weighted by molar-refractivity contribution is 0.339. The van der Waals surface area contributed by atoms with Crippen molar-refractivity contribution in [2.75, 3.05) is 13.1 Å². The summed E-state index contributed by atoms with van der Waals surface area (Å²) in [6.45, 7) is 4.39. The van der Waals surface area contributed by atoms with Gasteiger partial charge in [0, 0.05) is 16.6 Å². The van der Waals surface area contributed by atoms with Crippen molar-refractivity contribution in [3.8, 4) is 0 Å². The molecule has 3 heteroatoms. The van der Waals surface area contributed by atoms with Gasteiger partial charge in [0.25, 0.3) is 0 Å². The largest absolute Gasteiger partial charge is 0.317 e. The first-order valence-corrected chi connectivity index (χ1v) is 9.16. The van der Waals surface area contributed by atoms with E-state index in [1.807, 2.05) is 6.20 Å². The van der Waals surface area contributed by atoms with Crippen LogP contribution in [0.4, 0.5) is 0 Å². The van der Waals surface area contributed by atoms with Crippen LogP contribution < -0.4 is 5.32 Å². The predicted octanol–water partition coefficient (Wildman–Crippen LogP) is 4.77. The lowest BCUT2D eigenvalue weighted by Gasteiger charge is -2.32. The van der Waals surface area contributed by atoms with Gasteiger partial charge in [0.05, 0.1) is 5.69 Å². The molecule has 0 spiro atoms. The Kier molecular flexibility index (Phi) is 4.08. The Morgan fingerprint density at radius 1 is 1.09 bits per heavy atom. The lowest BCUT2D eigenvalue weighted by atomic mass is 9.76. The fraction of sp³-hybridized carbons (Fsp3) is 0.350. The van der Waals surface area contributed by atoms with E-state index in [1.54, 1.807) is 0 Å². The topological polar surface area (TPSA) is 24.9 Å². The predicted molar refractivity (Wildman–Crippen MR) is 99.5 cm³/mol. The van der Waals surface area contributed by atoms with Gasteiger partial charge in [-0.2, -0.15) is 0 Å². The van der Waals surface area contributed by atoms with Gasteiger partial charge >= 0.3 is 0 Å². The van der Waals surface area contributed by atoms with E-state index in [0.29, 0.717) is 11.8 Å². The highest BCUT2D eigenvalue weighted by Gasteiger charge is 2.31. The van der Waals surface area contributed by atoms with E-state index in [-0.39, 0.29) is 0 Å². The molecule has 0 bridgehead atoms. The second kappa shape index (κ2) is 6.21. The third-order valence-corrected chi connectivity index (χ3v) is 5.52. The number of aryl methyl sites for hydroxylation is 1. The minimum Gasteiger partial charge on any atom is -0.317 e. The number of hydrogen-bond donors (Lipinski definition) is 1. The molecule has 1 N–H and O–H groups in total. The fourth-order valence-corrected chi connectivity index (χ4v) is 4.31. The van der Waals surface area contributed by atoms with Crippen LogP contribution in [0.15, 0.2) is 34.9 Å². The normalized spacial score (nSPS) is 20.7. The number of pyridine rings is 1. The molecule has 0 saturated carbocycles. The van der Waals surface area contributed by atoms with E-state index in [4.69, 9.17) is 4.98 Å². The Bertz CT molecular complexity index is 705. The van der Waals surface area contributed by atoms with Crippen LogP contribution in [0.3, 0.4) is 0 Å². The van der Waals surface area contributed by atoms with E-state index in [9.17, 15) is 0 Å². The van der Waals surface area contributed by atoms with Gasteiger partial charge in [0.1, 0.15) is 0 Å². The number of nitrogens with zero attached hydrogens (tertiary/aromatic N) is 1. The van der Waals surface area contributed by atoms with Crippen LogP contribution in [0.2, 0.25) is 0 Å². The van der Waals surface area contributed by atoms with Crippen molar-refractivity contribution in [1.29, 1.82) is 0 Å². The molecule has 0 radical (unpaired) electrons. The van der Waals surface area contributed by atoms with E-state index < -0.39 is 0 Å². The highest BCUT2D eigenvalue weighted by molar-refractivity contribution is 9.10. The number of rotatable bonds is 1. The van der Waals surface area contributed by atoms with Crippen LogP contribution in [0.25, 0.3) is 12.2 Å². The van der Waals surface area contributed by atoms with Crippen molar-refractivity contribution < 1.29 is 0 Å². The molecule has 1 aliphatic carbocycles. The van der Waals surface area contributed by atoms with Gasteiger partial charge in [-0.15, -0.1) is 0 Å². The molecule has 2 aromatic rings. The maximum Gasteiger partial charge on any atom is 0.0554 e. The number of aromatic nitrogens is 1. The lowest BCUT2D eigenvalue weighted by Crippen LogP contribution is -2.32. The van der Waals surface area contributed by atoms with Crippen molar-refractivity contribution in [2.24, 2.45) is 5.92 Å². The molecule has 1 aromatic heterocycles. The fourth-order valence-electron chi connectivity index (χ4n) is 3.96. The quantitative estimate of drug-likeness (QED) is 0.784. The van der Waals surface area contributed by atoms with Crippen LogP contribution in [0.1, 0.15) is 46.7 Å². The highest BCUT2D eigenvalue weighted by atomic mass is 79.9. The molecule has 2 heterocycles. The second-order valence-corrected chi connectivity index (χ2v) is 7.57. The average Bonchev–Trinajstić information content (AvgIpc) is 2.72. The Labute approximate surface area is 146 Å². The summed E-state index contributed by atoms with van der Waals surface area (Å²) in [7, 11) is 0. The molecule has 1 aliphatic heterocycles. The molecule has 118 valence electrons. The summed E-state index contributed by atoms with van der Waals surface area (Å²) in [5.74, 6) is 1.05. The molecule has 1 atom stereocenters. The summed E-state index contributed by atoms with van der Waals surface area (Å²) in [4.78, 5) is 4.84. The van der Waals surface area contributed by atoms with E-state index in [2.05, 4.69) is 64.6 Å². The van der Waals surface area contributed by atoms with Crippen molar-refractivity contribution in [3.05, 3.63) is 62.9 Å². The molecule has 4 rings (SSSR count). The summed E-state index contributed by atoms with van der Waals surface area (Å²) in [5.41, 5.74) is 6.59. The Hall–Kier alpha value is -1.45. The van der Waals surface area contributed by atoms with Crippen LogP contribution in [-0.4, -0.2) is 18.1 Å². The van der Waals surface area contributed by atoms with Gasteiger partial charge in [-0.3, -0.25) is 4.98 Å². The van der Waals surface area contributed by atoms with Crippen LogP contribution in [0.5, 0.6) is 0 Å². The number of piperidine rings is 1. The molecular weight excluding hydrogens is 348 g/mol. The smallest absolute Gasteiger partial charge is 0.0554 e. The van der Waals surface area contributed by atoms with Crippen LogP contribution in [0, 0.1) is 12.8 Å². The summed E-state index contributed by atoms with van der Waals surface area (Å²) >= 11 is 3.57. The number of fused-ring (bicyclic) bond motifs is 2. The third kappa shape index (κ3) is 2.88.